The van der Waals surface area contributed by atoms with Crippen molar-refractivity contribution in [1.29, 1.82) is 5.41 Å². The molecule has 0 unspecified atom stereocenters. The van der Waals surface area contributed by atoms with Crippen LogP contribution in [0, 0.1) is 5.41 Å². The summed E-state index contributed by atoms with van der Waals surface area (Å²) in [6.07, 6.45) is 0.654. The molecule has 0 aliphatic rings. The fourth-order valence-electron chi connectivity index (χ4n) is 0.198. The number of hydrazone groups is 1. The van der Waals surface area contributed by atoms with Crippen molar-refractivity contribution >= 4 is 18.1 Å². The highest BCUT2D eigenvalue weighted by molar-refractivity contribution is 6.22. The smallest absolute Gasteiger partial charge is 0.348 e. The van der Waals surface area contributed by atoms with Crippen LogP contribution in [0.2, 0.25) is 0 Å². The van der Waals surface area contributed by atoms with E-state index >= 15 is 0 Å². The molecule has 0 fully saturated rings. The molecule has 0 aromatic heterocycles. The van der Waals surface area contributed by atoms with E-state index in [1.807, 2.05) is 0 Å². The zero-order valence-electron chi connectivity index (χ0n) is 5.40. The lowest BCUT2D eigenvalue weighted by Crippen LogP contribution is -2.28. The number of nitrogens with two attached hydrogens (primary N) is 1. The van der Waals surface area contributed by atoms with Crippen LogP contribution in [0.15, 0.2) is 5.10 Å². The SMILES string of the molecule is CN(/N=C\C(=O)O)C(=N)N. The summed E-state index contributed by atoms with van der Waals surface area (Å²) in [5.41, 5.74) is 4.92. The molecule has 0 saturated heterocycles. The average molecular weight is 144 g/mol. The predicted molar refractivity (Wildman–Crippen MR) is 35.8 cm³/mol. The summed E-state index contributed by atoms with van der Waals surface area (Å²) in [7, 11) is 1.38. The Morgan fingerprint density at radius 1 is 1.90 bits per heavy atom. The van der Waals surface area contributed by atoms with Gasteiger partial charge in [0.1, 0.15) is 6.21 Å². The maximum atomic E-state index is 9.84. The summed E-state index contributed by atoms with van der Waals surface area (Å²) in [5.74, 6) is -1.48. The van der Waals surface area contributed by atoms with Crippen LogP contribution in [0.5, 0.6) is 0 Å². The van der Waals surface area contributed by atoms with Crippen LogP contribution in [-0.4, -0.2) is 35.3 Å². The monoisotopic (exact) mass is 144 g/mol. The Hall–Kier alpha value is -1.59. The number of aliphatic carboxylic acids is 1. The minimum atomic E-state index is -1.17. The van der Waals surface area contributed by atoms with Crippen molar-refractivity contribution in [2.24, 2.45) is 10.8 Å². The van der Waals surface area contributed by atoms with E-state index in [9.17, 15) is 4.79 Å². The van der Waals surface area contributed by atoms with Crippen molar-refractivity contribution in [3.8, 4) is 0 Å². The van der Waals surface area contributed by atoms with Crippen molar-refractivity contribution in [3.63, 3.8) is 0 Å². The first-order chi connectivity index (χ1) is 4.54. The summed E-state index contributed by atoms with van der Waals surface area (Å²) in [6, 6.07) is 0. The Kier molecular flexibility index (Phi) is 2.89. The molecule has 10 heavy (non-hydrogen) atoms. The minimum Gasteiger partial charge on any atom is -0.477 e. The maximum absolute atomic E-state index is 9.84. The molecule has 0 aromatic rings. The van der Waals surface area contributed by atoms with Crippen LogP contribution >= 0.6 is 0 Å². The van der Waals surface area contributed by atoms with E-state index in [1.54, 1.807) is 0 Å². The Labute approximate surface area is 57.4 Å². The van der Waals surface area contributed by atoms with Crippen LogP contribution in [0.25, 0.3) is 0 Å². The fraction of sp³-hybridized carbons (Fsp3) is 0.250. The largest absolute Gasteiger partial charge is 0.477 e. The number of nitrogens with one attached hydrogen (secondary N) is 1. The van der Waals surface area contributed by atoms with Gasteiger partial charge in [-0.2, -0.15) is 5.10 Å². The van der Waals surface area contributed by atoms with Gasteiger partial charge in [0.15, 0.2) is 0 Å². The van der Waals surface area contributed by atoms with Gasteiger partial charge in [0.05, 0.1) is 0 Å². The molecule has 0 atom stereocenters. The predicted octanol–water partition coefficient (Wildman–Crippen LogP) is -1.12. The zero-order chi connectivity index (χ0) is 8.15. The number of carbonyl (C=O) groups is 1. The highest BCUT2D eigenvalue weighted by atomic mass is 16.4. The van der Waals surface area contributed by atoms with E-state index in [-0.39, 0.29) is 5.96 Å². The zero-order valence-corrected chi connectivity index (χ0v) is 5.40. The van der Waals surface area contributed by atoms with Crippen LogP contribution in [0.1, 0.15) is 0 Å². The van der Waals surface area contributed by atoms with Crippen molar-refractivity contribution in [2.45, 2.75) is 0 Å². The van der Waals surface area contributed by atoms with Gasteiger partial charge in [-0.3, -0.25) is 5.41 Å². The van der Waals surface area contributed by atoms with E-state index in [0.717, 1.165) is 5.01 Å². The lowest BCUT2D eigenvalue weighted by atomic mass is 10.8. The summed E-state index contributed by atoms with van der Waals surface area (Å²) >= 11 is 0. The normalized spacial score (nSPS) is 9.70. The van der Waals surface area contributed by atoms with Gasteiger partial charge >= 0.3 is 5.97 Å². The quantitative estimate of drug-likeness (QED) is 0.259. The molecule has 0 rings (SSSR count). The van der Waals surface area contributed by atoms with E-state index < -0.39 is 5.97 Å². The third-order valence-corrected chi connectivity index (χ3v) is 0.690. The first-order valence-electron chi connectivity index (χ1n) is 2.38. The van der Waals surface area contributed by atoms with Gasteiger partial charge < -0.3 is 10.8 Å². The number of nitrogens with zero attached hydrogens (tertiary/aromatic N) is 2. The lowest BCUT2D eigenvalue weighted by molar-refractivity contribution is -0.128. The first kappa shape index (κ1) is 8.41. The summed E-state index contributed by atoms with van der Waals surface area (Å²) in [6.45, 7) is 0. The van der Waals surface area contributed by atoms with Gasteiger partial charge in [0.25, 0.3) is 0 Å². The topological polar surface area (TPSA) is 103 Å². The molecule has 0 aromatic carbocycles. The van der Waals surface area contributed by atoms with Gasteiger partial charge in [0.2, 0.25) is 5.96 Å². The number of guanidine groups is 1. The molecule has 0 spiro atoms. The molecular weight excluding hydrogens is 136 g/mol. The van der Waals surface area contributed by atoms with Gasteiger partial charge in [-0.05, 0) is 0 Å². The third kappa shape index (κ3) is 3.42. The Morgan fingerprint density at radius 3 is 2.70 bits per heavy atom. The second-order valence-electron chi connectivity index (χ2n) is 1.49. The number of rotatable bonds is 2. The lowest BCUT2D eigenvalue weighted by Gasteiger charge is -2.06. The number of carboxylic acids is 1. The molecule has 6 heteroatoms. The molecule has 0 bridgehead atoms. The molecule has 0 radical (unpaired) electrons. The second-order valence-corrected chi connectivity index (χ2v) is 1.49. The van der Waals surface area contributed by atoms with Gasteiger partial charge in [-0.15, -0.1) is 0 Å². The molecule has 0 heterocycles. The first-order valence-corrected chi connectivity index (χ1v) is 2.38. The molecule has 0 saturated carbocycles. The van der Waals surface area contributed by atoms with Crippen molar-refractivity contribution < 1.29 is 9.90 Å². The summed E-state index contributed by atoms with van der Waals surface area (Å²) in [4.78, 5) is 9.84. The van der Waals surface area contributed by atoms with E-state index in [1.165, 1.54) is 7.05 Å². The van der Waals surface area contributed by atoms with Crippen molar-refractivity contribution in [1.82, 2.24) is 5.01 Å². The van der Waals surface area contributed by atoms with Crippen molar-refractivity contribution in [2.75, 3.05) is 7.05 Å². The summed E-state index contributed by atoms with van der Waals surface area (Å²) in [5, 5.41) is 19.0. The second kappa shape index (κ2) is 3.44. The van der Waals surface area contributed by atoms with Crippen LogP contribution in [0.4, 0.5) is 0 Å². The van der Waals surface area contributed by atoms with Gasteiger partial charge in [-0.1, -0.05) is 0 Å². The number of hydrogen-bond donors (Lipinski definition) is 3. The number of hydrogen-bond acceptors (Lipinski definition) is 3. The van der Waals surface area contributed by atoms with E-state index in [2.05, 4.69) is 5.10 Å². The Bertz CT molecular complexity index is 176. The molecule has 6 nitrogen and oxygen atoms in total. The Morgan fingerprint density at radius 2 is 2.40 bits per heavy atom. The van der Waals surface area contributed by atoms with Crippen LogP contribution in [0.3, 0.4) is 0 Å². The van der Waals surface area contributed by atoms with E-state index in [0.29, 0.717) is 6.21 Å². The number of carboxylic acid groups (broad SMARTS) is 1. The van der Waals surface area contributed by atoms with Gasteiger partial charge in [0, 0.05) is 7.05 Å². The van der Waals surface area contributed by atoms with Crippen LogP contribution < -0.4 is 5.73 Å². The highest BCUT2D eigenvalue weighted by Crippen LogP contribution is 1.77. The molecule has 4 N–H and O–H groups in total. The molecule has 56 valence electrons. The fourth-order valence-corrected chi connectivity index (χ4v) is 0.198. The standard InChI is InChI=1S/C4H8N4O2/c1-8(4(5)6)7-2-3(9)10/h2H,1H3,(H3,5,6)(H,9,10)/b7-2-. The average Bonchev–Trinajstić information content (AvgIpc) is 1.82. The van der Waals surface area contributed by atoms with Crippen molar-refractivity contribution in [3.05, 3.63) is 0 Å². The summed E-state index contributed by atoms with van der Waals surface area (Å²) < 4.78 is 0. The molecular formula is C4H8N4O2. The minimum absolute atomic E-state index is 0.308. The molecule has 0 amide bonds. The Balaban J connectivity index is 3.89. The highest BCUT2D eigenvalue weighted by Gasteiger charge is 1.94. The van der Waals surface area contributed by atoms with E-state index in [4.69, 9.17) is 16.2 Å². The molecule has 0 aliphatic carbocycles. The third-order valence-electron chi connectivity index (χ3n) is 0.690. The van der Waals surface area contributed by atoms with Gasteiger partial charge in [-0.25, -0.2) is 9.80 Å². The van der Waals surface area contributed by atoms with Crippen LogP contribution in [-0.2, 0) is 4.79 Å². The molecule has 0 aliphatic heterocycles. The maximum Gasteiger partial charge on any atom is 0.348 e.